The highest BCUT2D eigenvalue weighted by Gasteiger charge is 2.32. The highest BCUT2D eigenvalue weighted by Crippen LogP contribution is 2.22. The molecule has 1 unspecified atom stereocenters. The molecule has 0 bridgehead atoms. The summed E-state index contributed by atoms with van der Waals surface area (Å²) in [6, 6.07) is 8.01. The summed E-state index contributed by atoms with van der Waals surface area (Å²) >= 11 is 0. The van der Waals surface area contributed by atoms with Gasteiger partial charge in [-0.2, -0.15) is 0 Å². The van der Waals surface area contributed by atoms with E-state index in [9.17, 15) is 0 Å². The standard InChI is InChI=1S/C14H21NO3/c1-14(2)17-10-12(18-14)9-15-8-11-6-4-5-7-13(11)16-3/h4-7,12,15H,8-10H2,1-3H3. The lowest BCUT2D eigenvalue weighted by atomic mass is 10.2. The third-order valence-corrected chi connectivity index (χ3v) is 2.95. The van der Waals surface area contributed by atoms with Crippen LogP contribution in [0.1, 0.15) is 19.4 Å². The minimum absolute atomic E-state index is 0.120. The van der Waals surface area contributed by atoms with Gasteiger partial charge in [-0.1, -0.05) is 18.2 Å². The maximum absolute atomic E-state index is 5.73. The Balaban J connectivity index is 1.79. The first-order valence-corrected chi connectivity index (χ1v) is 6.25. The van der Waals surface area contributed by atoms with E-state index >= 15 is 0 Å². The molecule has 1 aromatic carbocycles. The van der Waals surface area contributed by atoms with Crippen molar-refractivity contribution in [2.45, 2.75) is 32.3 Å². The molecule has 1 aromatic rings. The van der Waals surface area contributed by atoms with Crippen LogP contribution in [-0.4, -0.2) is 32.2 Å². The van der Waals surface area contributed by atoms with Gasteiger partial charge in [-0.25, -0.2) is 0 Å². The van der Waals surface area contributed by atoms with Crippen molar-refractivity contribution in [1.29, 1.82) is 0 Å². The minimum atomic E-state index is -0.448. The van der Waals surface area contributed by atoms with Crippen LogP contribution in [0.25, 0.3) is 0 Å². The van der Waals surface area contributed by atoms with Crippen molar-refractivity contribution in [3.05, 3.63) is 29.8 Å². The predicted octanol–water partition coefficient (Wildman–Crippen LogP) is 1.94. The predicted molar refractivity (Wildman–Crippen MR) is 69.6 cm³/mol. The molecule has 1 heterocycles. The third-order valence-electron chi connectivity index (χ3n) is 2.95. The number of ether oxygens (including phenoxy) is 3. The lowest BCUT2D eigenvalue weighted by Crippen LogP contribution is -2.30. The van der Waals surface area contributed by atoms with Gasteiger partial charge in [0.1, 0.15) is 5.75 Å². The number of benzene rings is 1. The summed E-state index contributed by atoms with van der Waals surface area (Å²) < 4.78 is 16.5. The summed E-state index contributed by atoms with van der Waals surface area (Å²) in [7, 11) is 1.69. The molecule has 100 valence electrons. The minimum Gasteiger partial charge on any atom is -0.496 e. The second-order valence-electron chi connectivity index (χ2n) is 4.89. The molecule has 1 N–H and O–H groups in total. The Kier molecular flexibility index (Phi) is 4.22. The Hall–Kier alpha value is -1.10. The molecule has 0 spiro atoms. The zero-order chi connectivity index (χ0) is 13.0. The van der Waals surface area contributed by atoms with E-state index in [1.54, 1.807) is 7.11 Å². The maximum Gasteiger partial charge on any atom is 0.163 e. The van der Waals surface area contributed by atoms with Gasteiger partial charge in [0.25, 0.3) is 0 Å². The van der Waals surface area contributed by atoms with E-state index in [0.29, 0.717) is 6.61 Å². The van der Waals surface area contributed by atoms with Crippen molar-refractivity contribution in [1.82, 2.24) is 5.32 Å². The van der Waals surface area contributed by atoms with Gasteiger partial charge in [0.15, 0.2) is 5.79 Å². The Bertz CT molecular complexity index is 392. The topological polar surface area (TPSA) is 39.7 Å². The summed E-state index contributed by atoms with van der Waals surface area (Å²) in [5.41, 5.74) is 1.15. The van der Waals surface area contributed by atoms with E-state index in [4.69, 9.17) is 14.2 Å². The zero-order valence-corrected chi connectivity index (χ0v) is 11.2. The highest BCUT2D eigenvalue weighted by molar-refractivity contribution is 5.32. The number of methoxy groups -OCH3 is 1. The number of hydrogen-bond donors (Lipinski definition) is 1. The molecular formula is C14H21NO3. The normalized spacial score (nSPS) is 22.1. The number of hydrogen-bond acceptors (Lipinski definition) is 4. The second kappa shape index (κ2) is 5.69. The molecule has 1 atom stereocenters. The van der Waals surface area contributed by atoms with Crippen molar-refractivity contribution in [2.24, 2.45) is 0 Å². The van der Waals surface area contributed by atoms with E-state index in [1.165, 1.54) is 0 Å². The van der Waals surface area contributed by atoms with Crippen molar-refractivity contribution < 1.29 is 14.2 Å². The molecule has 0 aliphatic carbocycles. The molecule has 0 aromatic heterocycles. The molecule has 0 radical (unpaired) electrons. The first-order chi connectivity index (χ1) is 8.61. The summed E-state index contributed by atoms with van der Waals surface area (Å²) in [5, 5.41) is 3.37. The van der Waals surface area contributed by atoms with Gasteiger partial charge in [-0.05, 0) is 19.9 Å². The molecular weight excluding hydrogens is 230 g/mol. The van der Waals surface area contributed by atoms with Gasteiger partial charge in [0, 0.05) is 18.7 Å². The third kappa shape index (κ3) is 3.45. The molecule has 4 nitrogen and oxygen atoms in total. The summed E-state index contributed by atoms with van der Waals surface area (Å²) in [5.74, 6) is 0.463. The first kappa shape index (κ1) is 13.3. The first-order valence-electron chi connectivity index (χ1n) is 6.25. The van der Waals surface area contributed by atoms with Crippen LogP contribution in [0, 0.1) is 0 Å². The SMILES string of the molecule is COc1ccccc1CNCC1COC(C)(C)O1. The average Bonchev–Trinajstić information content (AvgIpc) is 2.69. The molecule has 0 amide bonds. The van der Waals surface area contributed by atoms with Crippen molar-refractivity contribution in [2.75, 3.05) is 20.3 Å². The Morgan fingerprint density at radius 1 is 1.39 bits per heavy atom. The van der Waals surface area contributed by atoms with Crippen LogP contribution in [0.3, 0.4) is 0 Å². The van der Waals surface area contributed by atoms with E-state index in [-0.39, 0.29) is 6.10 Å². The van der Waals surface area contributed by atoms with Gasteiger partial charge in [0.05, 0.1) is 19.8 Å². The fraction of sp³-hybridized carbons (Fsp3) is 0.571. The lowest BCUT2D eigenvalue weighted by molar-refractivity contribution is -0.137. The summed E-state index contributed by atoms with van der Waals surface area (Å²) in [6.07, 6.45) is 0.120. The van der Waals surface area contributed by atoms with Crippen LogP contribution in [-0.2, 0) is 16.0 Å². The molecule has 1 aliphatic heterocycles. The molecule has 0 saturated carbocycles. The van der Waals surface area contributed by atoms with Crippen LogP contribution in [0.15, 0.2) is 24.3 Å². The number of para-hydroxylation sites is 1. The van der Waals surface area contributed by atoms with Crippen molar-refractivity contribution in [3.8, 4) is 5.75 Å². The van der Waals surface area contributed by atoms with E-state index in [1.807, 2.05) is 32.0 Å². The van der Waals surface area contributed by atoms with Gasteiger partial charge in [0.2, 0.25) is 0 Å². The molecule has 1 aliphatic rings. The lowest BCUT2D eigenvalue weighted by Gasteiger charge is -2.17. The van der Waals surface area contributed by atoms with Crippen LogP contribution in [0.5, 0.6) is 5.75 Å². The molecule has 1 saturated heterocycles. The fourth-order valence-electron chi connectivity index (χ4n) is 2.08. The van der Waals surface area contributed by atoms with E-state index in [0.717, 1.165) is 24.4 Å². The van der Waals surface area contributed by atoms with Gasteiger partial charge < -0.3 is 19.5 Å². The Morgan fingerprint density at radius 3 is 2.83 bits per heavy atom. The van der Waals surface area contributed by atoms with E-state index in [2.05, 4.69) is 11.4 Å². The number of nitrogens with one attached hydrogen (secondary N) is 1. The van der Waals surface area contributed by atoms with Crippen LogP contribution >= 0.6 is 0 Å². The largest absolute Gasteiger partial charge is 0.496 e. The number of rotatable bonds is 5. The van der Waals surface area contributed by atoms with Crippen LogP contribution < -0.4 is 10.1 Å². The second-order valence-corrected chi connectivity index (χ2v) is 4.89. The van der Waals surface area contributed by atoms with Crippen LogP contribution in [0.4, 0.5) is 0 Å². The van der Waals surface area contributed by atoms with Crippen LogP contribution in [0.2, 0.25) is 0 Å². The molecule has 18 heavy (non-hydrogen) atoms. The van der Waals surface area contributed by atoms with Gasteiger partial charge >= 0.3 is 0 Å². The monoisotopic (exact) mass is 251 g/mol. The fourth-order valence-corrected chi connectivity index (χ4v) is 2.08. The average molecular weight is 251 g/mol. The smallest absolute Gasteiger partial charge is 0.163 e. The van der Waals surface area contributed by atoms with Gasteiger partial charge in [-0.3, -0.25) is 0 Å². The highest BCUT2D eigenvalue weighted by atomic mass is 16.7. The Labute approximate surface area is 108 Å². The maximum atomic E-state index is 5.73. The molecule has 4 heteroatoms. The van der Waals surface area contributed by atoms with Crippen molar-refractivity contribution in [3.63, 3.8) is 0 Å². The summed E-state index contributed by atoms with van der Waals surface area (Å²) in [6.45, 7) is 6.07. The summed E-state index contributed by atoms with van der Waals surface area (Å²) in [4.78, 5) is 0. The zero-order valence-electron chi connectivity index (χ0n) is 11.2. The van der Waals surface area contributed by atoms with Gasteiger partial charge in [-0.15, -0.1) is 0 Å². The molecule has 1 fully saturated rings. The van der Waals surface area contributed by atoms with E-state index < -0.39 is 5.79 Å². The quantitative estimate of drug-likeness (QED) is 0.868. The van der Waals surface area contributed by atoms with Crippen molar-refractivity contribution >= 4 is 0 Å². The Morgan fingerprint density at radius 2 is 2.17 bits per heavy atom. The molecule has 2 rings (SSSR count).